The van der Waals surface area contributed by atoms with Crippen molar-refractivity contribution in [3.05, 3.63) is 68.7 Å². The van der Waals surface area contributed by atoms with E-state index in [2.05, 4.69) is 12.2 Å². The number of ether oxygens (including phenoxy) is 1. The van der Waals surface area contributed by atoms with Gasteiger partial charge in [-0.05, 0) is 56.9 Å². The van der Waals surface area contributed by atoms with E-state index in [-0.39, 0.29) is 28.6 Å². The number of aromatic nitrogens is 2. The van der Waals surface area contributed by atoms with Crippen LogP contribution < -0.4 is 10.9 Å². The second kappa shape index (κ2) is 8.71. The molecule has 7 nitrogen and oxygen atoms in total. The summed E-state index contributed by atoms with van der Waals surface area (Å²) in [6.45, 7) is 5.38. The fraction of sp³-hybridized carbons (Fsp3) is 0.423. The summed E-state index contributed by atoms with van der Waals surface area (Å²) >= 11 is 6.47. The highest BCUT2D eigenvalue weighted by molar-refractivity contribution is 6.31. The predicted octanol–water partition coefficient (Wildman–Crippen LogP) is 5.32. The lowest BCUT2D eigenvalue weighted by Crippen LogP contribution is -2.38. The predicted molar refractivity (Wildman–Crippen MR) is 132 cm³/mol. The van der Waals surface area contributed by atoms with Gasteiger partial charge in [0.05, 0.1) is 22.5 Å². The Morgan fingerprint density at radius 1 is 1.26 bits per heavy atom. The first-order chi connectivity index (χ1) is 16.3. The Morgan fingerprint density at radius 3 is 2.65 bits per heavy atom. The van der Waals surface area contributed by atoms with Gasteiger partial charge >= 0.3 is 5.97 Å². The van der Waals surface area contributed by atoms with E-state index in [1.165, 1.54) is 0 Å². The lowest BCUT2D eigenvalue weighted by atomic mass is 9.81. The number of hydrogen-bond acceptors (Lipinski definition) is 5. The van der Waals surface area contributed by atoms with Crippen LogP contribution in [0.3, 0.4) is 0 Å². The number of fused-ring (bicyclic) bond motifs is 1. The Hall–Kier alpha value is -2.90. The van der Waals surface area contributed by atoms with Crippen molar-refractivity contribution in [2.24, 2.45) is 0 Å². The van der Waals surface area contributed by atoms with Crippen LogP contribution in [0, 0.1) is 0 Å². The number of anilines is 1. The maximum atomic E-state index is 13.8. The molecule has 1 saturated carbocycles. The number of para-hydroxylation sites is 1. The molecule has 1 aliphatic carbocycles. The summed E-state index contributed by atoms with van der Waals surface area (Å²) in [4.78, 5) is 30.6. The van der Waals surface area contributed by atoms with Gasteiger partial charge < -0.3 is 15.2 Å². The number of nitrogens with one attached hydrogen (secondary N) is 1. The molecule has 0 radical (unpaired) electrons. The van der Waals surface area contributed by atoms with Crippen LogP contribution in [0.15, 0.2) is 41.2 Å². The summed E-state index contributed by atoms with van der Waals surface area (Å²) in [5, 5.41) is 13.8. The van der Waals surface area contributed by atoms with Gasteiger partial charge in [-0.2, -0.15) is 0 Å². The van der Waals surface area contributed by atoms with Crippen molar-refractivity contribution >= 4 is 34.2 Å². The number of benzene rings is 2. The minimum absolute atomic E-state index is 0.0582. The van der Waals surface area contributed by atoms with Crippen molar-refractivity contribution in [2.75, 3.05) is 18.5 Å². The normalized spacial score (nSPS) is 18.6. The van der Waals surface area contributed by atoms with Crippen LogP contribution in [0.4, 0.5) is 5.69 Å². The number of rotatable bonds is 6. The quantitative estimate of drug-likeness (QED) is 0.494. The molecule has 3 aromatic rings. The minimum atomic E-state index is -1.01. The lowest BCUT2D eigenvalue weighted by molar-refractivity contribution is 0.0518. The second-order valence-electron chi connectivity index (χ2n) is 9.62. The molecule has 0 spiro atoms. The van der Waals surface area contributed by atoms with Crippen molar-refractivity contribution in [3.8, 4) is 0 Å². The van der Waals surface area contributed by atoms with Crippen molar-refractivity contribution in [1.29, 1.82) is 0 Å². The summed E-state index contributed by atoms with van der Waals surface area (Å²) in [5.41, 5.74) is 1.75. The number of carboxylic acids is 1. The maximum absolute atomic E-state index is 13.8. The summed E-state index contributed by atoms with van der Waals surface area (Å²) in [6.07, 6.45) is 3.56. The molecular formula is C26H28ClN3O4. The molecule has 5 rings (SSSR count). The number of nitrogens with zero attached hydrogens (tertiary/aromatic N) is 2. The Balaban J connectivity index is 1.67. The molecule has 1 aliphatic heterocycles. The van der Waals surface area contributed by atoms with E-state index >= 15 is 0 Å². The summed E-state index contributed by atoms with van der Waals surface area (Å²) in [5.74, 6) is -0.191. The van der Waals surface area contributed by atoms with Gasteiger partial charge in [-0.15, -0.1) is 0 Å². The van der Waals surface area contributed by atoms with Crippen LogP contribution in [-0.2, 0) is 10.2 Å². The van der Waals surface area contributed by atoms with Crippen LogP contribution in [0.5, 0.6) is 0 Å². The molecule has 2 aromatic carbocycles. The summed E-state index contributed by atoms with van der Waals surface area (Å²) in [6, 6.07) is 10.1. The number of halogens is 1. The van der Waals surface area contributed by atoms with E-state index in [1.807, 2.05) is 17.6 Å². The number of hydrogen-bond donors (Lipinski definition) is 2. The van der Waals surface area contributed by atoms with E-state index in [1.54, 1.807) is 30.3 Å². The lowest BCUT2D eigenvalue weighted by Gasteiger charge is -2.35. The van der Waals surface area contributed by atoms with E-state index < -0.39 is 5.97 Å². The Morgan fingerprint density at radius 2 is 1.97 bits per heavy atom. The van der Waals surface area contributed by atoms with Gasteiger partial charge in [0.15, 0.2) is 0 Å². The minimum Gasteiger partial charge on any atom is -0.478 e. The van der Waals surface area contributed by atoms with Gasteiger partial charge in [0.2, 0.25) is 0 Å². The summed E-state index contributed by atoms with van der Waals surface area (Å²) in [7, 11) is 0. The molecule has 0 unspecified atom stereocenters. The van der Waals surface area contributed by atoms with Gasteiger partial charge in [-0.3, -0.25) is 9.36 Å². The van der Waals surface area contributed by atoms with E-state index in [4.69, 9.17) is 21.3 Å². The smallest absolute Gasteiger partial charge is 0.337 e. The third-order valence-electron chi connectivity index (χ3n) is 7.04. The van der Waals surface area contributed by atoms with Crippen molar-refractivity contribution in [2.45, 2.75) is 57.0 Å². The highest BCUT2D eigenvalue weighted by atomic mass is 35.5. The molecule has 178 valence electrons. The summed E-state index contributed by atoms with van der Waals surface area (Å²) < 4.78 is 7.50. The largest absolute Gasteiger partial charge is 0.478 e. The van der Waals surface area contributed by atoms with Crippen molar-refractivity contribution < 1.29 is 14.6 Å². The van der Waals surface area contributed by atoms with Crippen molar-refractivity contribution in [1.82, 2.24) is 9.55 Å². The monoisotopic (exact) mass is 481 g/mol. The van der Waals surface area contributed by atoms with Gasteiger partial charge in [0, 0.05) is 40.9 Å². The molecule has 1 aromatic heterocycles. The zero-order valence-electron chi connectivity index (χ0n) is 19.3. The van der Waals surface area contributed by atoms with Crippen LogP contribution in [0.25, 0.3) is 10.9 Å². The van der Waals surface area contributed by atoms with Crippen molar-refractivity contribution in [3.63, 3.8) is 0 Å². The average Bonchev–Trinajstić information content (AvgIpc) is 3.64. The zero-order chi connectivity index (χ0) is 24.0. The SMILES string of the molecule is C[C@@H](Nc1ccccc1C(=O)O)c1cc(Cl)cc2c(=O)n(C3CC3)c(C3(C)CCOCC3)nc12. The third kappa shape index (κ3) is 4.07. The first-order valence-electron chi connectivity index (χ1n) is 11.7. The fourth-order valence-electron chi connectivity index (χ4n) is 4.87. The molecule has 2 N–H and O–H groups in total. The first-order valence-corrected chi connectivity index (χ1v) is 12.1. The second-order valence-corrected chi connectivity index (χ2v) is 10.1. The van der Waals surface area contributed by atoms with Gasteiger partial charge in [0.1, 0.15) is 5.82 Å². The first kappa shape index (κ1) is 22.9. The molecule has 0 bridgehead atoms. The molecule has 2 heterocycles. The standard InChI is InChI=1S/C26H28ClN3O4/c1-15(28-21-6-4-3-5-18(21)24(32)33)19-13-16(27)14-20-22(19)29-25(26(2)9-11-34-12-10-26)30(23(20)31)17-7-8-17/h3-6,13-15,17,28H,7-12H2,1-2H3,(H,32,33)/t15-/m1/s1. The van der Waals surface area contributed by atoms with Gasteiger partial charge in [-0.25, -0.2) is 9.78 Å². The van der Waals surface area contributed by atoms with Crippen LogP contribution >= 0.6 is 11.6 Å². The Labute approximate surface area is 202 Å². The zero-order valence-corrected chi connectivity index (χ0v) is 20.1. The molecule has 2 fully saturated rings. The molecule has 1 saturated heterocycles. The molecular weight excluding hydrogens is 454 g/mol. The average molecular weight is 482 g/mol. The van der Waals surface area contributed by atoms with Gasteiger partial charge in [0.25, 0.3) is 5.56 Å². The highest BCUT2D eigenvalue weighted by Crippen LogP contribution is 2.41. The molecule has 2 aliphatic rings. The molecule has 0 amide bonds. The maximum Gasteiger partial charge on any atom is 0.337 e. The molecule has 34 heavy (non-hydrogen) atoms. The molecule has 8 heteroatoms. The molecule has 1 atom stereocenters. The third-order valence-corrected chi connectivity index (χ3v) is 7.26. The van der Waals surface area contributed by atoms with Crippen LogP contribution in [0.2, 0.25) is 5.02 Å². The van der Waals surface area contributed by atoms with Crippen LogP contribution in [0.1, 0.15) is 73.4 Å². The van der Waals surface area contributed by atoms with Gasteiger partial charge in [-0.1, -0.05) is 30.7 Å². The number of carbonyl (C=O) groups is 1. The Bertz CT molecular complexity index is 1330. The number of carboxylic acid groups (broad SMARTS) is 1. The highest BCUT2D eigenvalue weighted by Gasteiger charge is 2.38. The fourth-order valence-corrected chi connectivity index (χ4v) is 5.10. The van der Waals surface area contributed by atoms with E-state index in [9.17, 15) is 14.7 Å². The topological polar surface area (TPSA) is 93.5 Å². The van der Waals surface area contributed by atoms with E-state index in [0.717, 1.165) is 37.1 Å². The van der Waals surface area contributed by atoms with E-state index in [0.29, 0.717) is 34.8 Å². The van der Waals surface area contributed by atoms with Crippen LogP contribution in [-0.4, -0.2) is 33.8 Å². The number of aromatic carboxylic acids is 1. The Kier molecular flexibility index (Phi) is 5.86.